The molecular formula is C17H35NO2. The summed E-state index contributed by atoms with van der Waals surface area (Å²) in [5.41, 5.74) is 3.80. The molecule has 0 heterocycles. The fourth-order valence-corrected chi connectivity index (χ4v) is 2.43. The summed E-state index contributed by atoms with van der Waals surface area (Å²) in [5.74, 6) is -0.611. The Morgan fingerprint density at radius 2 is 1.20 bits per heavy atom. The summed E-state index contributed by atoms with van der Waals surface area (Å²) in [5, 5.41) is 9.68. The van der Waals surface area contributed by atoms with Crippen LogP contribution in [0.15, 0.2) is 0 Å². The summed E-state index contributed by atoms with van der Waals surface area (Å²) in [6, 6.07) is 0. The smallest absolute Gasteiger partial charge is 0.249 e. The second-order valence-corrected chi connectivity index (χ2v) is 6.28. The van der Waals surface area contributed by atoms with E-state index in [4.69, 9.17) is 5.73 Å². The van der Waals surface area contributed by atoms with E-state index in [1.54, 1.807) is 0 Å². The topological polar surface area (TPSA) is 63.3 Å². The molecule has 1 unspecified atom stereocenters. The molecule has 20 heavy (non-hydrogen) atoms. The third kappa shape index (κ3) is 11.3. The Morgan fingerprint density at radius 1 is 0.850 bits per heavy atom. The molecule has 120 valence electrons. The quantitative estimate of drug-likeness (QED) is 0.467. The van der Waals surface area contributed by atoms with E-state index in [2.05, 4.69) is 6.92 Å². The minimum Gasteiger partial charge on any atom is -0.380 e. The Kier molecular flexibility index (Phi) is 11.8. The zero-order chi connectivity index (χ0) is 15.3. The van der Waals surface area contributed by atoms with Gasteiger partial charge in [0.25, 0.3) is 0 Å². The predicted octanol–water partition coefficient (Wildman–Crippen LogP) is 4.31. The normalized spacial score (nSPS) is 14.2. The van der Waals surface area contributed by atoms with Gasteiger partial charge in [0.05, 0.1) is 0 Å². The average Bonchev–Trinajstić information content (AvgIpc) is 2.39. The largest absolute Gasteiger partial charge is 0.380 e. The highest BCUT2D eigenvalue weighted by molar-refractivity contribution is 5.82. The highest BCUT2D eigenvalue weighted by Crippen LogP contribution is 2.16. The molecule has 1 atom stereocenters. The number of unbranched alkanes of at least 4 members (excludes halogenated alkanes) is 11. The van der Waals surface area contributed by atoms with Crippen LogP contribution < -0.4 is 5.73 Å². The Labute approximate surface area is 125 Å². The van der Waals surface area contributed by atoms with Crippen molar-refractivity contribution in [3.05, 3.63) is 0 Å². The van der Waals surface area contributed by atoms with E-state index in [1.807, 2.05) is 0 Å². The van der Waals surface area contributed by atoms with E-state index in [9.17, 15) is 9.90 Å². The van der Waals surface area contributed by atoms with Gasteiger partial charge in [0.15, 0.2) is 0 Å². The number of nitrogens with two attached hydrogens (primary N) is 1. The van der Waals surface area contributed by atoms with Gasteiger partial charge in [-0.1, -0.05) is 84.0 Å². The number of hydrogen-bond acceptors (Lipinski definition) is 2. The summed E-state index contributed by atoms with van der Waals surface area (Å²) >= 11 is 0. The van der Waals surface area contributed by atoms with E-state index < -0.39 is 11.5 Å². The summed E-state index contributed by atoms with van der Waals surface area (Å²) in [4.78, 5) is 10.9. The molecule has 0 radical (unpaired) electrons. The van der Waals surface area contributed by atoms with Crippen molar-refractivity contribution in [2.75, 3.05) is 0 Å². The van der Waals surface area contributed by atoms with Crippen LogP contribution in [0.25, 0.3) is 0 Å². The van der Waals surface area contributed by atoms with Crippen LogP contribution in [0.3, 0.4) is 0 Å². The molecule has 0 saturated carbocycles. The van der Waals surface area contributed by atoms with Gasteiger partial charge in [-0.05, 0) is 13.3 Å². The standard InChI is InChI=1S/C17H35NO2/c1-3-4-5-6-7-8-9-10-11-12-13-14-15-17(2,20)16(18)19/h20H,3-15H2,1-2H3,(H2,18,19). The summed E-state index contributed by atoms with van der Waals surface area (Å²) in [7, 11) is 0. The van der Waals surface area contributed by atoms with Crippen molar-refractivity contribution in [3.63, 3.8) is 0 Å². The molecule has 0 aliphatic heterocycles. The molecule has 0 aromatic carbocycles. The van der Waals surface area contributed by atoms with E-state index in [0.29, 0.717) is 6.42 Å². The van der Waals surface area contributed by atoms with Crippen LogP contribution in [0.1, 0.15) is 97.3 Å². The lowest BCUT2D eigenvalue weighted by Crippen LogP contribution is -2.40. The maximum absolute atomic E-state index is 10.9. The second kappa shape index (κ2) is 12.2. The molecule has 0 rings (SSSR count). The molecule has 3 nitrogen and oxygen atoms in total. The van der Waals surface area contributed by atoms with Gasteiger partial charge in [-0.25, -0.2) is 0 Å². The first-order valence-electron chi connectivity index (χ1n) is 8.53. The highest BCUT2D eigenvalue weighted by Gasteiger charge is 2.26. The summed E-state index contributed by atoms with van der Waals surface area (Å²) < 4.78 is 0. The van der Waals surface area contributed by atoms with Gasteiger partial charge in [-0.3, -0.25) is 4.79 Å². The van der Waals surface area contributed by atoms with Gasteiger partial charge in [-0.15, -0.1) is 0 Å². The SMILES string of the molecule is CCCCCCCCCCCCCCC(C)(O)C(N)=O. The van der Waals surface area contributed by atoms with Crippen LogP contribution in [-0.2, 0) is 4.79 Å². The Hall–Kier alpha value is -0.570. The van der Waals surface area contributed by atoms with E-state index in [0.717, 1.165) is 12.8 Å². The minimum atomic E-state index is -1.32. The molecule has 0 spiro atoms. The molecule has 0 saturated heterocycles. The van der Waals surface area contributed by atoms with Crippen molar-refractivity contribution >= 4 is 5.91 Å². The van der Waals surface area contributed by atoms with Crippen molar-refractivity contribution < 1.29 is 9.90 Å². The van der Waals surface area contributed by atoms with Gasteiger partial charge < -0.3 is 10.8 Å². The fraction of sp³-hybridized carbons (Fsp3) is 0.941. The zero-order valence-electron chi connectivity index (χ0n) is 13.6. The predicted molar refractivity (Wildman–Crippen MR) is 85.5 cm³/mol. The summed E-state index contributed by atoms with van der Waals surface area (Å²) in [6.07, 6.45) is 15.9. The lowest BCUT2D eigenvalue weighted by atomic mass is 9.97. The third-order valence-electron chi connectivity index (χ3n) is 4.05. The molecule has 0 bridgehead atoms. The van der Waals surface area contributed by atoms with Gasteiger partial charge in [0.2, 0.25) is 5.91 Å². The van der Waals surface area contributed by atoms with Crippen molar-refractivity contribution in [3.8, 4) is 0 Å². The van der Waals surface area contributed by atoms with Crippen LogP contribution in [0.5, 0.6) is 0 Å². The number of hydrogen-bond donors (Lipinski definition) is 2. The number of carbonyl (C=O) groups excluding carboxylic acids is 1. The summed E-state index contributed by atoms with van der Waals surface area (Å²) in [6.45, 7) is 3.76. The van der Waals surface area contributed by atoms with Crippen LogP contribution in [0.2, 0.25) is 0 Å². The number of rotatable bonds is 14. The molecule has 0 aromatic heterocycles. The first-order valence-corrected chi connectivity index (χ1v) is 8.53. The molecule has 0 aromatic rings. The average molecular weight is 285 g/mol. The first-order chi connectivity index (χ1) is 9.50. The van der Waals surface area contributed by atoms with Crippen LogP contribution in [0, 0.1) is 0 Å². The zero-order valence-corrected chi connectivity index (χ0v) is 13.6. The monoisotopic (exact) mass is 285 g/mol. The van der Waals surface area contributed by atoms with E-state index >= 15 is 0 Å². The maximum Gasteiger partial charge on any atom is 0.249 e. The Morgan fingerprint density at radius 3 is 1.55 bits per heavy atom. The number of primary amides is 1. The van der Waals surface area contributed by atoms with E-state index in [1.165, 1.54) is 71.1 Å². The highest BCUT2D eigenvalue weighted by atomic mass is 16.3. The minimum absolute atomic E-state index is 0.486. The molecular weight excluding hydrogens is 250 g/mol. The Bertz CT molecular complexity index is 239. The van der Waals surface area contributed by atoms with Gasteiger partial charge >= 0.3 is 0 Å². The molecule has 3 N–H and O–H groups in total. The molecule has 0 aliphatic rings. The van der Waals surface area contributed by atoms with Crippen LogP contribution >= 0.6 is 0 Å². The van der Waals surface area contributed by atoms with Gasteiger partial charge in [-0.2, -0.15) is 0 Å². The van der Waals surface area contributed by atoms with Crippen molar-refractivity contribution in [2.24, 2.45) is 5.73 Å². The van der Waals surface area contributed by atoms with Crippen LogP contribution in [-0.4, -0.2) is 16.6 Å². The molecule has 0 fully saturated rings. The number of carbonyl (C=O) groups is 1. The first kappa shape index (κ1) is 19.4. The van der Waals surface area contributed by atoms with Gasteiger partial charge in [0.1, 0.15) is 5.60 Å². The lowest BCUT2D eigenvalue weighted by molar-refractivity contribution is -0.135. The van der Waals surface area contributed by atoms with Gasteiger partial charge in [0, 0.05) is 0 Å². The molecule has 0 aliphatic carbocycles. The van der Waals surface area contributed by atoms with E-state index in [-0.39, 0.29) is 0 Å². The van der Waals surface area contributed by atoms with Crippen molar-refractivity contribution in [1.82, 2.24) is 0 Å². The molecule has 1 amide bonds. The Balaban J connectivity index is 3.19. The molecule has 3 heteroatoms. The third-order valence-corrected chi connectivity index (χ3v) is 4.05. The number of aliphatic hydroxyl groups is 1. The van der Waals surface area contributed by atoms with Crippen molar-refractivity contribution in [2.45, 2.75) is 103 Å². The fourth-order valence-electron chi connectivity index (χ4n) is 2.43. The lowest BCUT2D eigenvalue weighted by Gasteiger charge is -2.18. The van der Waals surface area contributed by atoms with Crippen molar-refractivity contribution in [1.29, 1.82) is 0 Å². The maximum atomic E-state index is 10.9. The number of amides is 1. The van der Waals surface area contributed by atoms with Crippen LogP contribution in [0.4, 0.5) is 0 Å². The second-order valence-electron chi connectivity index (χ2n) is 6.28.